The zero-order chi connectivity index (χ0) is 13.3. The number of ether oxygens (including phenoxy) is 1. The van der Waals surface area contributed by atoms with Crippen LogP contribution in [-0.2, 0) is 0 Å². The first-order valence-electron chi connectivity index (χ1n) is 5.63. The molecule has 6 heteroatoms. The molecule has 0 aromatic carbocycles. The number of fused-ring (bicyclic) bond motifs is 1. The molecule has 2 heterocycles. The van der Waals surface area contributed by atoms with Crippen LogP contribution in [0.15, 0.2) is 11.2 Å². The molecule has 0 radical (unpaired) electrons. The summed E-state index contributed by atoms with van der Waals surface area (Å²) in [5.41, 5.74) is 7.60. The third kappa shape index (κ3) is 2.20. The van der Waals surface area contributed by atoms with Gasteiger partial charge in [-0.2, -0.15) is 4.98 Å². The summed E-state index contributed by atoms with van der Waals surface area (Å²) < 4.78 is 5.14. The molecule has 2 rings (SSSR count). The lowest BCUT2D eigenvalue weighted by Crippen LogP contribution is -2.03. The molecule has 0 saturated carbocycles. The van der Waals surface area contributed by atoms with Crippen LogP contribution in [0.3, 0.4) is 0 Å². The molecular formula is C12H16N4OS. The summed E-state index contributed by atoms with van der Waals surface area (Å²) in [7, 11) is 1.57. The lowest BCUT2D eigenvalue weighted by atomic mass is 10.1. The third-order valence-corrected chi connectivity index (χ3v) is 3.18. The fourth-order valence-corrected chi connectivity index (χ4v) is 2.14. The average molecular weight is 264 g/mol. The SMILES string of the molecule is COc1cc2c(C(C)C)nc(SC)nc2c(N)n1. The quantitative estimate of drug-likeness (QED) is 0.678. The standard InChI is InChI=1S/C12H16N4OS/c1-6(2)9-7-5-8(17-3)14-11(13)10(7)16-12(15-9)18-4/h5-6H,1-4H3,(H2,13,14). The van der Waals surface area contributed by atoms with E-state index < -0.39 is 0 Å². The van der Waals surface area contributed by atoms with Crippen molar-refractivity contribution < 1.29 is 4.74 Å². The van der Waals surface area contributed by atoms with E-state index in [1.54, 1.807) is 7.11 Å². The van der Waals surface area contributed by atoms with Crippen molar-refractivity contribution in [3.8, 4) is 5.88 Å². The minimum atomic E-state index is 0.285. The first-order valence-corrected chi connectivity index (χ1v) is 6.85. The molecule has 0 saturated heterocycles. The third-order valence-electron chi connectivity index (χ3n) is 2.63. The lowest BCUT2D eigenvalue weighted by Gasteiger charge is -2.12. The summed E-state index contributed by atoms with van der Waals surface area (Å²) in [4.78, 5) is 13.1. The highest BCUT2D eigenvalue weighted by Gasteiger charge is 2.14. The Morgan fingerprint density at radius 2 is 2.00 bits per heavy atom. The minimum absolute atomic E-state index is 0.285. The second-order valence-corrected chi connectivity index (χ2v) is 4.97. The highest BCUT2D eigenvalue weighted by molar-refractivity contribution is 7.98. The van der Waals surface area contributed by atoms with E-state index in [9.17, 15) is 0 Å². The van der Waals surface area contributed by atoms with Crippen molar-refractivity contribution in [1.82, 2.24) is 15.0 Å². The van der Waals surface area contributed by atoms with Gasteiger partial charge in [-0.15, -0.1) is 0 Å². The second-order valence-electron chi connectivity index (χ2n) is 4.20. The monoisotopic (exact) mass is 264 g/mol. The van der Waals surface area contributed by atoms with Crippen LogP contribution in [0.1, 0.15) is 25.5 Å². The predicted octanol–water partition coefficient (Wildman–Crippen LogP) is 2.46. The number of aromatic nitrogens is 3. The fraction of sp³-hybridized carbons (Fsp3) is 0.417. The van der Waals surface area contributed by atoms with E-state index in [2.05, 4.69) is 28.8 Å². The van der Waals surface area contributed by atoms with Crippen molar-refractivity contribution in [3.63, 3.8) is 0 Å². The van der Waals surface area contributed by atoms with Crippen LogP contribution < -0.4 is 10.5 Å². The van der Waals surface area contributed by atoms with E-state index in [-0.39, 0.29) is 5.92 Å². The molecule has 5 nitrogen and oxygen atoms in total. The summed E-state index contributed by atoms with van der Waals surface area (Å²) in [5.74, 6) is 1.15. The molecule has 96 valence electrons. The van der Waals surface area contributed by atoms with Crippen molar-refractivity contribution in [2.24, 2.45) is 0 Å². The molecule has 2 N–H and O–H groups in total. The molecular weight excluding hydrogens is 248 g/mol. The van der Waals surface area contributed by atoms with Crippen LogP contribution in [0, 0.1) is 0 Å². The summed E-state index contributed by atoms with van der Waals surface area (Å²) in [6.45, 7) is 4.18. The van der Waals surface area contributed by atoms with Gasteiger partial charge in [0.2, 0.25) is 5.88 Å². The van der Waals surface area contributed by atoms with E-state index in [1.807, 2.05) is 12.3 Å². The van der Waals surface area contributed by atoms with Crippen LogP contribution in [0.25, 0.3) is 10.9 Å². The van der Waals surface area contributed by atoms with Crippen LogP contribution in [-0.4, -0.2) is 28.3 Å². The van der Waals surface area contributed by atoms with Gasteiger partial charge in [0.15, 0.2) is 11.0 Å². The predicted molar refractivity (Wildman–Crippen MR) is 74.2 cm³/mol. The van der Waals surface area contributed by atoms with Gasteiger partial charge in [0.05, 0.1) is 12.8 Å². The van der Waals surface area contributed by atoms with E-state index in [0.717, 1.165) is 11.1 Å². The van der Waals surface area contributed by atoms with Gasteiger partial charge in [-0.25, -0.2) is 9.97 Å². The van der Waals surface area contributed by atoms with Crippen LogP contribution in [0.2, 0.25) is 0 Å². The molecule has 0 spiro atoms. The Hall–Kier alpha value is -1.56. The molecule has 0 bridgehead atoms. The maximum Gasteiger partial charge on any atom is 0.215 e. The number of pyridine rings is 1. The molecule has 0 aliphatic carbocycles. The van der Waals surface area contributed by atoms with Crippen LogP contribution in [0.4, 0.5) is 5.82 Å². The molecule has 0 aliphatic heterocycles. The highest BCUT2D eigenvalue weighted by atomic mass is 32.2. The Labute approximate surface area is 110 Å². The van der Waals surface area contributed by atoms with E-state index in [0.29, 0.717) is 22.4 Å². The molecule has 0 fully saturated rings. The summed E-state index contributed by atoms with van der Waals surface area (Å²) in [6, 6.07) is 1.84. The maximum atomic E-state index is 5.93. The van der Waals surface area contributed by atoms with Gasteiger partial charge in [0, 0.05) is 11.5 Å². The maximum absolute atomic E-state index is 5.93. The van der Waals surface area contributed by atoms with Crippen molar-refractivity contribution in [2.45, 2.75) is 24.9 Å². The smallest absolute Gasteiger partial charge is 0.215 e. The Kier molecular flexibility index (Phi) is 3.56. The average Bonchev–Trinajstić information content (AvgIpc) is 2.37. The minimum Gasteiger partial charge on any atom is -0.481 e. The molecule has 18 heavy (non-hydrogen) atoms. The van der Waals surface area contributed by atoms with Gasteiger partial charge in [0.1, 0.15) is 5.52 Å². The van der Waals surface area contributed by atoms with Gasteiger partial charge in [-0.3, -0.25) is 0 Å². The number of nitrogens with two attached hydrogens (primary N) is 1. The Balaban J connectivity index is 2.82. The van der Waals surface area contributed by atoms with Crippen molar-refractivity contribution in [1.29, 1.82) is 0 Å². The molecule has 0 unspecified atom stereocenters. The second kappa shape index (κ2) is 4.97. The Morgan fingerprint density at radius 3 is 2.56 bits per heavy atom. The van der Waals surface area contributed by atoms with Gasteiger partial charge < -0.3 is 10.5 Å². The number of nitrogens with zero attached hydrogens (tertiary/aromatic N) is 3. The Bertz CT molecular complexity index is 586. The number of hydrogen-bond donors (Lipinski definition) is 1. The molecule has 0 aliphatic rings. The lowest BCUT2D eigenvalue weighted by molar-refractivity contribution is 0.399. The normalized spacial score (nSPS) is 11.2. The molecule has 2 aromatic rings. The van der Waals surface area contributed by atoms with Crippen molar-refractivity contribution in [2.75, 3.05) is 19.1 Å². The number of anilines is 1. The number of hydrogen-bond acceptors (Lipinski definition) is 6. The van der Waals surface area contributed by atoms with Crippen LogP contribution in [0.5, 0.6) is 5.88 Å². The number of rotatable bonds is 3. The van der Waals surface area contributed by atoms with Crippen molar-refractivity contribution in [3.05, 3.63) is 11.8 Å². The number of nitrogen functional groups attached to an aromatic ring is 1. The Morgan fingerprint density at radius 1 is 1.28 bits per heavy atom. The van der Waals surface area contributed by atoms with Gasteiger partial charge in [0.25, 0.3) is 0 Å². The summed E-state index contributed by atoms with van der Waals surface area (Å²) in [6.07, 6.45) is 1.94. The van der Waals surface area contributed by atoms with E-state index in [4.69, 9.17) is 10.5 Å². The molecule has 0 amide bonds. The largest absolute Gasteiger partial charge is 0.481 e. The van der Waals surface area contributed by atoms with Crippen LogP contribution >= 0.6 is 11.8 Å². The van der Waals surface area contributed by atoms with Gasteiger partial charge in [-0.1, -0.05) is 25.6 Å². The van der Waals surface area contributed by atoms with E-state index in [1.165, 1.54) is 11.8 Å². The zero-order valence-corrected chi connectivity index (χ0v) is 11.7. The zero-order valence-electron chi connectivity index (χ0n) is 10.9. The van der Waals surface area contributed by atoms with Gasteiger partial charge >= 0.3 is 0 Å². The van der Waals surface area contributed by atoms with Crippen molar-refractivity contribution >= 4 is 28.5 Å². The molecule has 0 atom stereocenters. The number of methoxy groups -OCH3 is 1. The van der Waals surface area contributed by atoms with E-state index >= 15 is 0 Å². The first kappa shape index (κ1) is 12.9. The van der Waals surface area contributed by atoms with Gasteiger partial charge in [-0.05, 0) is 12.2 Å². The highest BCUT2D eigenvalue weighted by Crippen LogP contribution is 2.30. The topological polar surface area (TPSA) is 73.9 Å². The summed E-state index contributed by atoms with van der Waals surface area (Å²) >= 11 is 1.50. The molecule has 2 aromatic heterocycles. The first-order chi connectivity index (χ1) is 8.56. The summed E-state index contributed by atoms with van der Waals surface area (Å²) in [5, 5.41) is 1.62. The number of thioether (sulfide) groups is 1. The fourth-order valence-electron chi connectivity index (χ4n) is 1.77.